The summed E-state index contributed by atoms with van der Waals surface area (Å²) in [7, 11) is -3.17. The Bertz CT molecular complexity index is 473. The Morgan fingerprint density at radius 2 is 1.53 bits per heavy atom. The number of sulfonamides is 1. The quantitative estimate of drug-likeness (QED) is 0.783. The number of nitrogens with zero attached hydrogens (tertiary/aromatic N) is 1. The van der Waals surface area contributed by atoms with Crippen LogP contribution in [0.5, 0.6) is 0 Å². The zero-order chi connectivity index (χ0) is 13.9. The van der Waals surface area contributed by atoms with Crippen LogP contribution in [0.15, 0.2) is 0 Å². The topological polar surface area (TPSA) is 46.6 Å². The fourth-order valence-corrected chi connectivity index (χ4v) is 5.78. The van der Waals surface area contributed by atoms with Crippen molar-refractivity contribution in [1.29, 1.82) is 0 Å². The minimum absolute atomic E-state index is 0.222. The minimum atomic E-state index is -3.17. The second-order valence-electron chi connectivity index (χ2n) is 7.47. The third-order valence-electron chi connectivity index (χ3n) is 4.95. The molecule has 0 aromatic carbocycles. The molecule has 0 bridgehead atoms. The molecule has 3 rings (SSSR count). The van der Waals surface area contributed by atoms with E-state index < -0.39 is 14.8 Å². The van der Waals surface area contributed by atoms with E-state index in [9.17, 15) is 8.42 Å². The van der Waals surface area contributed by atoms with Crippen LogP contribution in [-0.4, -0.2) is 41.8 Å². The zero-order valence-electron chi connectivity index (χ0n) is 12.2. The molecular formula is C14H25NO3S. The average Bonchev–Trinajstić information content (AvgIpc) is 2.89. The predicted octanol–water partition coefficient (Wildman–Crippen LogP) is 2.29. The normalized spacial score (nSPS) is 32.6. The van der Waals surface area contributed by atoms with Crippen molar-refractivity contribution < 1.29 is 13.2 Å². The van der Waals surface area contributed by atoms with Gasteiger partial charge in [0, 0.05) is 13.1 Å². The van der Waals surface area contributed by atoms with E-state index in [4.69, 9.17) is 4.74 Å². The van der Waals surface area contributed by atoms with Gasteiger partial charge in [-0.3, -0.25) is 0 Å². The summed E-state index contributed by atoms with van der Waals surface area (Å²) in [6, 6.07) is 0. The van der Waals surface area contributed by atoms with Crippen molar-refractivity contribution in [3.63, 3.8) is 0 Å². The van der Waals surface area contributed by atoms with Crippen molar-refractivity contribution in [3.8, 4) is 0 Å². The highest BCUT2D eigenvalue weighted by atomic mass is 32.2. The van der Waals surface area contributed by atoms with Gasteiger partial charge in [0.15, 0.2) is 0 Å². The lowest BCUT2D eigenvalue weighted by molar-refractivity contribution is -0.178. The Morgan fingerprint density at radius 1 is 0.947 bits per heavy atom. The van der Waals surface area contributed by atoms with Crippen LogP contribution in [0.25, 0.3) is 0 Å². The molecule has 1 saturated heterocycles. The molecule has 1 spiro atoms. The Morgan fingerprint density at radius 3 is 2.05 bits per heavy atom. The summed E-state index contributed by atoms with van der Waals surface area (Å²) in [4.78, 5) is 0. The molecule has 110 valence electrons. The first-order chi connectivity index (χ1) is 8.68. The second kappa shape index (κ2) is 3.95. The van der Waals surface area contributed by atoms with Gasteiger partial charge >= 0.3 is 0 Å². The number of hydrogen-bond donors (Lipinski definition) is 0. The first kappa shape index (κ1) is 13.8. The first-order valence-electron chi connectivity index (χ1n) is 7.38. The van der Waals surface area contributed by atoms with Gasteiger partial charge in [-0.2, -0.15) is 4.31 Å². The molecule has 0 N–H and O–H groups in total. The summed E-state index contributed by atoms with van der Waals surface area (Å²) in [5, 5.41) is 0. The van der Waals surface area contributed by atoms with Crippen LogP contribution >= 0.6 is 0 Å². The average molecular weight is 287 g/mol. The van der Waals surface area contributed by atoms with Crippen LogP contribution in [0.2, 0.25) is 0 Å². The molecule has 19 heavy (non-hydrogen) atoms. The largest absolute Gasteiger partial charge is 0.366 e. The Labute approximate surface area is 116 Å². The molecule has 0 aromatic heterocycles. The smallest absolute Gasteiger partial charge is 0.219 e. The number of hydrogen-bond acceptors (Lipinski definition) is 3. The maximum atomic E-state index is 12.8. The van der Waals surface area contributed by atoms with Gasteiger partial charge in [-0.15, -0.1) is 0 Å². The highest BCUT2D eigenvalue weighted by molar-refractivity contribution is 7.90. The molecule has 0 atom stereocenters. The van der Waals surface area contributed by atoms with E-state index in [2.05, 4.69) is 0 Å². The minimum Gasteiger partial charge on any atom is -0.366 e. The molecule has 3 aliphatic rings. The van der Waals surface area contributed by atoms with E-state index >= 15 is 0 Å². The predicted molar refractivity (Wildman–Crippen MR) is 74.5 cm³/mol. The van der Waals surface area contributed by atoms with Crippen molar-refractivity contribution in [1.82, 2.24) is 4.31 Å². The zero-order valence-corrected chi connectivity index (χ0v) is 13.1. The molecule has 4 nitrogen and oxygen atoms in total. The van der Waals surface area contributed by atoms with Crippen molar-refractivity contribution in [2.75, 3.05) is 13.1 Å². The summed E-state index contributed by atoms with van der Waals surface area (Å²) in [5.74, 6) is 0. The maximum absolute atomic E-state index is 12.8. The van der Waals surface area contributed by atoms with Crippen LogP contribution < -0.4 is 0 Å². The highest BCUT2D eigenvalue weighted by Gasteiger charge is 2.57. The van der Waals surface area contributed by atoms with Gasteiger partial charge in [0.2, 0.25) is 10.0 Å². The molecule has 0 amide bonds. The SMILES string of the molecule is CC1(C)CN(S(=O)(=O)C2(C)CC2)CC2(CCCC2)O1. The summed E-state index contributed by atoms with van der Waals surface area (Å²) >= 11 is 0. The van der Waals surface area contributed by atoms with E-state index in [1.54, 1.807) is 4.31 Å². The molecule has 5 heteroatoms. The highest BCUT2D eigenvalue weighted by Crippen LogP contribution is 2.48. The van der Waals surface area contributed by atoms with Gasteiger partial charge < -0.3 is 4.74 Å². The van der Waals surface area contributed by atoms with E-state index in [1.165, 1.54) is 0 Å². The molecular weight excluding hydrogens is 262 g/mol. The number of rotatable bonds is 2. The van der Waals surface area contributed by atoms with Crippen LogP contribution in [0, 0.1) is 0 Å². The molecule has 2 aliphatic carbocycles. The molecule has 3 fully saturated rings. The van der Waals surface area contributed by atoms with Crippen LogP contribution in [0.3, 0.4) is 0 Å². The monoisotopic (exact) mass is 287 g/mol. The lowest BCUT2D eigenvalue weighted by Gasteiger charge is -2.48. The van der Waals surface area contributed by atoms with Crippen LogP contribution in [-0.2, 0) is 14.8 Å². The maximum Gasteiger partial charge on any atom is 0.219 e. The summed E-state index contributed by atoms with van der Waals surface area (Å²) < 4.78 is 33.0. The van der Waals surface area contributed by atoms with Crippen LogP contribution in [0.1, 0.15) is 59.3 Å². The fraction of sp³-hybridized carbons (Fsp3) is 1.00. The van der Waals surface area contributed by atoms with E-state index in [0.29, 0.717) is 13.1 Å². The van der Waals surface area contributed by atoms with Crippen molar-refractivity contribution in [2.24, 2.45) is 0 Å². The second-order valence-corrected chi connectivity index (χ2v) is 9.93. The molecule has 1 heterocycles. The van der Waals surface area contributed by atoms with E-state index in [1.807, 2.05) is 20.8 Å². The van der Waals surface area contributed by atoms with Crippen LogP contribution in [0.4, 0.5) is 0 Å². The third-order valence-corrected chi connectivity index (χ3v) is 7.54. The van der Waals surface area contributed by atoms with Crippen molar-refractivity contribution in [2.45, 2.75) is 75.2 Å². The summed E-state index contributed by atoms with van der Waals surface area (Å²) in [5.41, 5.74) is -0.596. The van der Waals surface area contributed by atoms with Gasteiger partial charge in [-0.1, -0.05) is 12.8 Å². The molecule has 1 aliphatic heterocycles. The van der Waals surface area contributed by atoms with Gasteiger partial charge in [-0.05, 0) is 46.5 Å². The van der Waals surface area contributed by atoms with Crippen molar-refractivity contribution >= 4 is 10.0 Å². The molecule has 2 saturated carbocycles. The molecule has 0 aromatic rings. The fourth-order valence-electron chi connectivity index (χ4n) is 3.65. The van der Waals surface area contributed by atoms with Gasteiger partial charge in [-0.25, -0.2) is 8.42 Å². The Balaban J connectivity index is 1.90. The molecule has 0 radical (unpaired) electrons. The number of ether oxygens (including phenoxy) is 1. The van der Waals surface area contributed by atoms with Crippen molar-refractivity contribution in [3.05, 3.63) is 0 Å². The molecule has 0 unspecified atom stereocenters. The lowest BCUT2D eigenvalue weighted by atomic mass is 9.96. The summed E-state index contributed by atoms with van der Waals surface area (Å²) in [6.07, 6.45) is 5.92. The first-order valence-corrected chi connectivity index (χ1v) is 8.82. The summed E-state index contributed by atoms with van der Waals surface area (Å²) in [6.45, 7) is 6.97. The van der Waals surface area contributed by atoms with Gasteiger partial charge in [0.1, 0.15) is 0 Å². The lowest BCUT2D eigenvalue weighted by Crippen LogP contribution is -2.61. The van der Waals surface area contributed by atoms with Gasteiger partial charge in [0.25, 0.3) is 0 Å². The Kier molecular flexibility index (Phi) is 2.88. The number of morpholine rings is 1. The van der Waals surface area contributed by atoms with E-state index in [-0.39, 0.29) is 11.2 Å². The Hall–Kier alpha value is -0.130. The third kappa shape index (κ3) is 2.24. The standard InChI is InChI=1S/C14H25NO3S/c1-12(2)10-15(19(16,17)13(3)8-9-13)11-14(18-12)6-4-5-7-14/h4-11H2,1-3H3. The van der Waals surface area contributed by atoms with Gasteiger partial charge in [0.05, 0.1) is 15.9 Å². The van der Waals surface area contributed by atoms with E-state index in [0.717, 1.165) is 38.5 Å².